The van der Waals surface area contributed by atoms with Crippen molar-refractivity contribution in [2.75, 3.05) is 0 Å². The molecular weight excluding hydrogens is 256 g/mol. The van der Waals surface area contributed by atoms with Crippen LogP contribution in [0.2, 0.25) is 0 Å². The molecule has 0 fully saturated rings. The van der Waals surface area contributed by atoms with Crippen LogP contribution in [-0.2, 0) is 5.33 Å². The van der Waals surface area contributed by atoms with Gasteiger partial charge in [0.1, 0.15) is 5.69 Å². The Morgan fingerprint density at radius 3 is 2.40 bits per heavy atom. The number of alkyl halides is 1. The zero-order valence-corrected chi connectivity index (χ0v) is 9.78. The van der Waals surface area contributed by atoms with E-state index >= 15 is 0 Å². The highest BCUT2D eigenvalue weighted by Crippen LogP contribution is 2.15. The van der Waals surface area contributed by atoms with Crippen LogP contribution in [0, 0.1) is 0 Å². The molecule has 4 heteroatoms. The smallest absolute Gasteiger partial charge is 0.180 e. The van der Waals surface area contributed by atoms with E-state index in [2.05, 4.69) is 25.9 Å². The lowest BCUT2D eigenvalue weighted by Crippen LogP contribution is -2.05. The summed E-state index contributed by atoms with van der Waals surface area (Å²) in [6, 6.07) is 7.53. The van der Waals surface area contributed by atoms with Gasteiger partial charge >= 0.3 is 0 Å². The van der Waals surface area contributed by atoms with Crippen molar-refractivity contribution in [1.29, 1.82) is 0 Å². The quantitative estimate of drug-likeness (QED) is 0.619. The van der Waals surface area contributed by atoms with Crippen LogP contribution < -0.4 is 0 Å². The lowest BCUT2D eigenvalue weighted by molar-refractivity contribution is 0.101. The molecule has 0 N–H and O–H groups in total. The van der Waals surface area contributed by atoms with Crippen LogP contribution in [0.5, 0.6) is 0 Å². The van der Waals surface area contributed by atoms with Gasteiger partial charge < -0.3 is 0 Å². The Morgan fingerprint density at radius 1 is 1.27 bits per heavy atom. The lowest BCUT2D eigenvalue weighted by atomic mass is 10.2. The maximum atomic E-state index is 11.3. The highest BCUT2D eigenvalue weighted by molar-refractivity contribution is 9.08. The number of para-hydroxylation sites is 2. The average Bonchev–Trinajstić information content (AvgIpc) is 2.27. The molecule has 0 aliphatic heterocycles. The van der Waals surface area contributed by atoms with Crippen LogP contribution in [0.3, 0.4) is 0 Å². The summed E-state index contributed by atoms with van der Waals surface area (Å²) in [5.74, 6) is -0.0531. The summed E-state index contributed by atoms with van der Waals surface area (Å²) in [6.07, 6.45) is 0. The van der Waals surface area contributed by atoms with Crippen LogP contribution >= 0.6 is 15.9 Å². The molecule has 0 aliphatic rings. The maximum absolute atomic E-state index is 11.3. The predicted molar refractivity (Wildman–Crippen MR) is 62.2 cm³/mol. The number of nitrogens with zero attached hydrogens (tertiary/aromatic N) is 2. The van der Waals surface area contributed by atoms with Crippen LogP contribution in [0.15, 0.2) is 24.3 Å². The van der Waals surface area contributed by atoms with E-state index in [-0.39, 0.29) is 5.78 Å². The van der Waals surface area contributed by atoms with Gasteiger partial charge in [-0.3, -0.25) is 4.79 Å². The number of ketones is 1. The van der Waals surface area contributed by atoms with E-state index in [1.54, 1.807) is 0 Å². The van der Waals surface area contributed by atoms with Gasteiger partial charge in [0.15, 0.2) is 5.78 Å². The minimum Gasteiger partial charge on any atom is -0.293 e. The minimum absolute atomic E-state index is 0.0531. The van der Waals surface area contributed by atoms with Crippen molar-refractivity contribution in [1.82, 2.24) is 9.97 Å². The molecule has 1 heterocycles. The number of rotatable bonds is 2. The van der Waals surface area contributed by atoms with Crippen molar-refractivity contribution in [3.8, 4) is 0 Å². The van der Waals surface area contributed by atoms with Gasteiger partial charge in [0, 0.05) is 12.3 Å². The fraction of sp³-hybridized carbons (Fsp3) is 0.182. The molecule has 0 saturated heterocycles. The summed E-state index contributed by atoms with van der Waals surface area (Å²) in [5.41, 5.74) is 2.72. The number of benzene rings is 1. The van der Waals surface area contributed by atoms with Gasteiger partial charge in [-0.2, -0.15) is 0 Å². The first kappa shape index (κ1) is 10.2. The summed E-state index contributed by atoms with van der Waals surface area (Å²) in [4.78, 5) is 20.0. The van der Waals surface area contributed by atoms with Crippen LogP contribution in [0.1, 0.15) is 23.1 Å². The summed E-state index contributed by atoms with van der Waals surface area (Å²) in [7, 11) is 0. The number of fused-ring (bicyclic) bond motifs is 1. The van der Waals surface area contributed by atoms with E-state index in [0.29, 0.717) is 16.7 Å². The third kappa shape index (κ3) is 1.90. The number of aromatic nitrogens is 2. The monoisotopic (exact) mass is 264 g/mol. The summed E-state index contributed by atoms with van der Waals surface area (Å²) >= 11 is 3.31. The SMILES string of the molecule is CC(=O)c1nc2ccccc2nc1CBr. The highest BCUT2D eigenvalue weighted by Gasteiger charge is 2.11. The Labute approximate surface area is 95.7 Å². The van der Waals surface area contributed by atoms with Gasteiger partial charge in [0.05, 0.1) is 16.7 Å². The molecule has 0 aliphatic carbocycles. The van der Waals surface area contributed by atoms with E-state index in [4.69, 9.17) is 0 Å². The molecular formula is C11H9BrN2O. The van der Waals surface area contributed by atoms with E-state index < -0.39 is 0 Å². The Kier molecular flexibility index (Phi) is 2.77. The molecule has 76 valence electrons. The second kappa shape index (κ2) is 4.06. The Bertz CT molecular complexity index is 525. The average molecular weight is 265 g/mol. The molecule has 0 unspecified atom stereocenters. The molecule has 0 atom stereocenters. The molecule has 1 aromatic heterocycles. The van der Waals surface area contributed by atoms with Gasteiger partial charge in [0.25, 0.3) is 0 Å². The fourth-order valence-corrected chi connectivity index (χ4v) is 1.80. The second-order valence-electron chi connectivity index (χ2n) is 3.20. The first-order chi connectivity index (χ1) is 7.22. The fourth-order valence-electron chi connectivity index (χ4n) is 1.41. The van der Waals surface area contributed by atoms with Gasteiger partial charge in [-0.15, -0.1) is 0 Å². The van der Waals surface area contributed by atoms with Crippen molar-refractivity contribution in [2.45, 2.75) is 12.3 Å². The van der Waals surface area contributed by atoms with Crippen LogP contribution in [-0.4, -0.2) is 15.8 Å². The summed E-state index contributed by atoms with van der Waals surface area (Å²) in [5, 5.41) is 0.541. The van der Waals surface area contributed by atoms with Crippen LogP contribution in [0.25, 0.3) is 11.0 Å². The zero-order valence-electron chi connectivity index (χ0n) is 8.20. The molecule has 0 spiro atoms. The van der Waals surface area contributed by atoms with E-state index in [9.17, 15) is 4.79 Å². The van der Waals surface area contributed by atoms with Crippen LogP contribution in [0.4, 0.5) is 0 Å². The van der Waals surface area contributed by atoms with E-state index in [1.807, 2.05) is 24.3 Å². The summed E-state index contributed by atoms with van der Waals surface area (Å²) in [6.45, 7) is 1.50. The zero-order chi connectivity index (χ0) is 10.8. The van der Waals surface area contributed by atoms with Crippen molar-refractivity contribution >= 4 is 32.7 Å². The molecule has 0 bridgehead atoms. The third-order valence-electron chi connectivity index (χ3n) is 2.10. The van der Waals surface area contributed by atoms with Crippen molar-refractivity contribution in [3.05, 3.63) is 35.7 Å². The number of Topliss-reactive ketones (excluding diaryl/α,β-unsaturated/α-hetero) is 1. The van der Waals surface area contributed by atoms with E-state index in [1.165, 1.54) is 6.92 Å². The molecule has 15 heavy (non-hydrogen) atoms. The lowest BCUT2D eigenvalue weighted by Gasteiger charge is -2.04. The molecule has 2 rings (SSSR count). The van der Waals surface area contributed by atoms with Gasteiger partial charge in [-0.1, -0.05) is 28.1 Å². The molecule has 0 saturated carbocycles. The number of hydrogen-bond donors (Lipinski definition) is 0. The Morgan fingerprint density at radius 2 is 1.87 bits per heavy atom. The molecule has 0 radical (unpaired) electrons. The summed E-state index contributed by atoms with van der Waals surface area (Å²) < 4.78 is 0. The standard InChI is InChI=1S/C11H9BrN2O/c1-7(15)11-10(6-12)13-8-4-2-3-5-9(8)14-11/h2-5H,6H2,1H3. The molecule has 0 amide bonds. The first-order valence-electron chi connectivity index (χ1n) is 4.55. The van der Waals surface area contributed by atoms with Gasteiger partial charge in [0.2, 0.25) is 0 Å². The molecule has 3 nitrogen and oxygen atoms in total. The highest BCUT2D eigenvalue weighted by atomic mass is 79.9. The molecule has 1 aromatic carbocycles. The number of halogens is 1. The van der Waals surface area contributed by atoms with Crippen molar-refractivity contribution < 1.29 is 4.79 Å². The number of hydrogen-bond acceptors (Lipinski definition) is 3. The topological polar surface area (TPSA) is 42.9 Å². The van der Waals surface area contributed by atoms with Crippen molar-refractivity contribution in [3.63, 3.8) is 0 Å². The normalized spacial score (nSPS) is 10.5. The third-order valence-corrected chi connectivity index (χ3v) is 2.63. The van der Waals surface area contributed by atoms with Gasteiger partial charge in [-0.25, -0.2) is 9.97 Å². The van der Waals surface area contributed by atoms with E-state index in [0.717, 1.165) is 11.0 Å². The van der Waals surface area contributed by atoms with Gasteiger partial charge in [-0.05, 0) is 12.1 Å². The predicted octanol–water partition coefficient (Wildman–Crippen LogP) is 2.73. The minimum atomic E-state index is -0.0531. The number of carbonyl (C=O) groups excluding carboxylic acids is 1. The molecule has 2 aromatic rings. The largest absolute Gasteiger partial charge is 0.293 e. The first-order valence-corrected chi connectivity index (χ1v) is 5.67. The Hall–Kier alpha value is -1.29. The number of carbonyl (C=O) groups is 1. The Balaban J connectivity index is 2.74. The van der Waals surface area contributed by atoms with Crippen molar-refractivity contribution in [2.24, 2.45) is 0 Å². The second-order valence-corrected chi connectivity index (χ2v) is 3.76. The maximum Gasteiger partial charge on any atom is 0.180 e.